The van der Waals surface area contributed by atoms with Crippen LogP contribution in [-0.2, 0) is 26.5 Å². The van der Waals surface area contributed by atoms with Crippen molar-refractivity contribution in [1.29, 1.82) is 0 Å². The second-order valence-corrected chi connectivity index (χ2v) is 22.0. The maximum absolute atomic E-state index is 6.77. The van der Waals surface area contributed by atoms with Crippen LogP contribution in [0.2, 0.25) is 13.1 Å². The van der Waals surface area contributed by atoms with Gasteiger partial charge in [-0.05, 0) is 79.7 Å². The average Bonchev–Trinajstić information content (AvgIpc) is 3.83. The summed E-state index contributed by atoms with van der Waals surface area (Å²) in [5.74, 6) is 2.11. The number of aromatic nitrogens is 4. The number of benzene rings is 7. The molecule has 7 aromatic carbocycles. The summed E-state index contributed by atoms with van der Waals surface area (Å²) in [5.41, 5.74) is 14.8. The average molecular weight is 984 g/mol. The molecule has 0 unspecified atom stereocenters. The number of hydrogen-bond donors (Lipinski definition) is 0. The van der Waals surface area contributed by atoms with Gasteiger partial charge in [-0.1, -0.05) is 142 Å². The van der Waals surface area contributed by atoms with Crippen LogP contribution in [-0.4, -0.2) is 22.2 Å². The first kappa shape index (κ1) is 37.6. The van der Waals surface area contributed by atoms with Crippen molar-refractivity contribution in [3.63, 3.8) is 0 Å². The van der Waals surface area contributed by atoms with Crippen molar-refractivity contribution in [1.82, 2.24) is 14.1 Å². The summed E-state index contributed by atoms with van der Waals surface area (Å²) in [6, 6.07) is 59.8. The summed E-state index contributed by atoms with van der Waals surface area (Å²) in [6.07, 6.45) is 5.81. The van der Waals surface area contributed by atoms with E-state index in [2.05, 4.69) is 206 Å². The Morgan fingerprint density at radius 2 is 1.25 bits per heavy atom. The third-order valence-corrected chi connectivity index (χ3v) is 16.3. The second-order valence-electron chi connectivity index (χ2n) is 17.6. The fraction of sp³-hybridized carbons (Fsp3) is 0.111. The zero-order chi connectivity index (χ0) is 40.5. The molecule has 61 heavy (non-hydrogen) atoms. The van der Waals surface area contributed by atoms with Gasteiger partial charge in [-0.15, -0.1) is 34.8 Å². The molecule has 0 radical (unpaired) electrons. The molecule has 0 spiro atoms. The van der Waals surface area contributed by atoms with Crippen LogP contribution in [0, 0.1) is 18.5 Å². The first-order chi connectivity index (χ1) is 29.1. The maximum atomic E-state index is 6.77. The minimum Gasteiger partial charge on any atom is -0.510 e. The standard InChI is InChI=1S/C54H40N4OSi.Pt/c1-54(2,3)34-28-29-55-51(30-34)58-46-21-13-11-19-42(46)43-24-22-35(31-47(43)58)59-36-23-26-49-48(32-36)57-33-56-45-20-12-10-18-41(45)39-16-8-6-14-37(39)38-15-7-9-17-40(38)44-25-27-50(60(49,4)5)53(57)52(44)56;/h6-30H,1-5H3;/q-2;. The smallest absolute Gasteiger partial charge is 0.268 e. The molecule has 2 aliphatic rings. The topological polar surface area (TPSA) is 35.9 Å². The summed E-state index contributed by atoms with van der Waals surface area (Å²) < 4.78 is 13.5. The van der Waals surface area contributed by atoms with Gasteiger partial charge in [0, 0.05) is 52.4 Å². The van der Waals surface area contributed by atoms with E-state index in [1.54, 1.807) is 0 Å². The number of para-hydroxylation sites is 2. The number of fused-ring (bicyclic) bond motifs is 12. The molecule has 0 fully saturated rings. The van der Waals surface area contributed by atoms with Gasteiger partial charge in [0.1, 0.15) is 5.82 Å². The Morgan fingerprint density at radius 3 is 2.00 bits per heavy atom. The summed E-state index contributed by atoms with van der Waals surface area (Å²) in [6.45, 7) is 11.6. The van der Waals surface area contributed by atoms with Crippen LogP contribution in [0.5, 0.6) is 11.5 Å². The molecule has 5 nitrogen and oxygen atoms in total. The molecule has 7 heteroatoms. The van der Waals surface area contributed by atoms with Gasteiger partial charge in [-0.3, -0.25) is 4.57 Å². The van der Waals surface area contributed by atoms with Crippen molar-refractivity contribution in [2.75, 3.05) is 0 Å². The maximum Gasteiger partial charge on any atom is 0.268 e. The van der Waals surface area contributed by atoms with Crippen molar-refractivity contribution in [3.8, 4) is 62.1 Å². The van der Waals surface area contributed by atoms with Crippen molar-refractivity contribution >= 4 is 51.3 Å². The fourth-order valence-corrected chi connectivity index (χ4v) is 12.6. The molecule has 0 atom stereocenters. The van der Waals surface area contributed by atoms with Crippen molar-refractivity contribution in [3.05, 3.63) is 176 Å². The quantitative estimate of drug-likeness (QED) is 0.100. The van der Waals surface area contributed by atoms with Gasteiger partial charge in [0.25, 0.3) is 6.33 Å². The summed E-state index contributed by atoms with van der Waals surface area (Å²) in [5, 5.41) is 4.93. The van der Waals surface area contributed by atoms with Crippen LogP contribution in [0.15, 0.2) is 152 Å². The SMILES string of the molecule is CC(C)(C)c1ccnc(-n2c3[c-]c(Oc4[c-]c5c(cc4)[Si](C)(C)c4ccc6c7c4n-5[c-][n+]7-c4ccccc4-c4ccccc4-c4ccccc4-6)ccc3c3ccccc32)c1.[Pt]. The number of hydrogen-bond acceptors (Lipinski definition) is 2. The molecule has 3 aromatic heterocycles. The molecule has 298 valence electrons. The predicted molar refractivity (Wildman–Crippen MR) is 245 cm³/mol. The second kappa shape index (κ2) is 13.6. The van der Waals surface area contributed by atoms with E-state index >= 15 is 0 Å². The molecule has 5 heterocycles. The van der Waals surface area contributed by atoms with Crippen molar-refractivity contribution in [2.24, 2.45) is 0 Å². The van der Waals surface area contributed by atoms with E-state index < -0.39 is 8.07 Å². The number of imidazole rings is 1. The monoisotopic (exact) mass is 983 g/mol. The van der Waals surface area contributed by atoms with Gasteiger partial charge >= 0.3 is 0 Å². The zero-order valence-corrected chi connectivity index (χ0v) is 37.7. The van der Waals surface area contributed by atoms with Gasteiger partial charge in [0.2, 0.25) is 0 Å². The molecular formula is C54H40N4OPtSi-2. The predicted octanol–water partition coefficient (Wildman–Crippen LogP) is 11.3. The molecule has 0 saturated carbocycles. The molecule has 0 aliphatic carbocycles. The Bertz CT molecular complexity index is 3440. The van der Waals surface area contributed by atoms with Crippen LogP contribution in [0.1, 0.15) is 26.3 Å². The Morgan fingerprint density at radius 1 is 0.623 bits per heavy atom. The Labute approximate surface area is 370 Å². The largest absolute Gasteiger partial charge is 0.510 e. The van der Waals surface area contributed by atoms with Gasteiger partial charge in [-0.2, -0.15) is 12.1 Å². The Hall–Kier alpha value is -6.33. The van der Waals surface area contributed by atoms with Gasteiger partial charge in [0.15, 0.2) is 0 Å². The van der Waals surface area contributed by atoms with E-state index in [0.29, 0.717) is 11.5 Å². The normalized spacial score (nSPS) is 13.3. The van der Waals surface area contributed by atoms with E-state index in [0.717, 1.165) is 44.5 Å². The number of nitrogens with zero attached hydrogens (tertiary/aromatic N) is 4. The molecule has 0 N–H and O–H groups in total. The third-order valence-electron chi connectivity index (χ3n) is 12.8. The fourth-order valence-electron chi connectivity index (χ4n) is 9.74. The molecule has 2 aliphatic heterocycles. The Kier molecular flexibility index (Phi) is 8.39. The van der Waals surface area contributed by atoms with Crippen LogP contribution < -0.4 is 19.7 Å². The van der Waals surface area contributed by atoms with Gasteiger partial charge in [0.05, 0.1) is 16.7 Å². The zero-order valence-electron chi connectivity index (χ0n) is 34.4. The van der Waals surface area contributed by atoms with E-state index in [4.69, 9.17) is 9.72 Å². The van der Waals surface area contributed by atoms with E-state index in [1.165, 1.54) is 54.8 Å². The summed E-state index contributed by atoms with van der Waals surface area (Å²) in [4.78, 5) is 4.87. The third kappa shape index (κ3) is 5.55. The Balaban J connectivity index is 0.00000420. The van der Waals surface area contributed by atoms with E-state index in [9.17, 15) is 0 Å². The molecule has 0 amide bonds. The van der Waals surface area contributed by atoms with Gasteiger partial charge in [-0.25, -0.2) is 4.98 Å². The van der Waals surface area contributed by atoms with Crippen LogP contribution in [0.4, 0.5) is 0 Å². The number of pyridine rings is 1. The number of ether oxygens (including phenoxy) is 1. The summed E-state index contributed by atoms with van der Waals surface area (Å²) in [7, 11) is -2.24. The van der Waals surface area contributed by atoms with Crippen LogP contribution >= 0.6 is 0 Å². The van der Waals surface area contributed by atoms with Gasteiger partial charge < -0.3 is 13.9 Å². The van der Waals surface area contributed by atoms with E-state index in [1.807, 2.05) is 12.3 Å². The molecular weight excluding hydrogens is 944 g/mol. The molecule has 0 bridgehead atoms. The van der Waals surface area contributed by atoms with Crippen molar-refractivity contribution in [2.45, 2.75) is 39.3 Å². The first-order valence-corrected chi connectivity index (χ1v) is 23.6. The van der Waals surface area contributed by atoms with Crippen LogP contribution in [0.25, 0.3) is 83.4 Å². The molecule has 12 rings (SSSR count). The number of rotatable bonds is 3. The van der Waals surface area contributed by atoms with Crippen LogP contribution in [0.3, 0.4) is 0 Å². The minimum atomic E-state index is -2.24. The van der Waals surface area contributed by atoms with Crippen molar-refractivity contribution < 1.29 is 30.4 Å². The molecule has 0 saturated heterocycles. The molecule has 10 aromatic rings. The minimum absolute atomic E-state index is 0. The van der Waals surface area contributed by atoms with E-state index in [-0.39, 0.29) is 26.5 Å². The first-order valence-electron chi connectivity index (χ1n) is 20.6. The summed E-state index contributed by atoms with van der Waals surface area (Å²) >= 11 is 0.